The van der Waals surface area contributed by atoms with Gasteiger partial charge in [-0.15, -0.1) is 0 Å². The molecule has 0 spiro atoms. The Labute approximate surface area is 143 Å². The number of benzene rings is 1. The molecule has 2 rings (SSSR count). The molecule has 1 amide bonds. The van der Waals surface area contributed by atoms with Crippen LogP contribution < -0.4 is 16.0 Å². The van der Waals surface area contributed by atoms with Crippen molar-refractivity contribution in [2.24, 2.45) is 0 Å². The van der Waals surface area contributed by atoms with Crippen molar-refractivity contribution in [1.29, 1.82) is 0 Å². The summed E-state index contributed by atoms with van der Waals surface area (Å²) in [4.78, 5) is 17.6. The maximum atomic E-state index is 12.7. The second-order valence-corrected chi connectivity index (χ2v) is 5.65. The van der Waals surface area contributed by atoms with Crippen molar-refractivity contribution in [3.8, 4) is 0 Å². The Balaban J connectivity index is 2.15. The summed E-state index contributed by atoms with van der Waals surface area (Å²) in [6.45, 7) is 3.12. The van der Waals surface area contributed by atoms with E-state index in [1.54, 1.807) is 31.0 Å². The SMILES string of the molecule is Cc1nc(C(F)(F)F)ccc1C(=O)NC(C)N(C)c1ccccc1N. The van der Waals surface area contributed by atoms with Crippen LogP contribution in [0.2, 0.25) is 0 Å². The number of nitrogens with two attached hydrogens (primary N) is 1. The molecule has 8 heteroatoms. The minimum atomic E-state index is -4.54. The van der Waals surface area contributed by atoms with Crippen LogP contribution in [0.5, 0.6) is 0 Å². The number of anilines is 2. The number of aromatic nitrogens is 1. The lowest BCUT2D eigenvalue weighted by atomic mass is 10.1. The quantitative estimate of drug-likeness (QED) is 0.655. The van der Waals surface area contributed by atoms with Crippen molar-refractivity contribution in [2.75, 3.05) is 17.7 Å². The van der Waals surface area contributed by atoms with Gasteiger partial charge in [0.1, 0.15) is 5.69 Å². The lowest BCUT2D eigenvalue weighted by Crippen LogP contribution is -2.45. The van der Waals surface area contributed by atoms with Crippen molar-refractivity contribution in [3.63, 3.8) is 0 Å². The van der Waals surface area contributed by atoms with E-state index in [0.29, 0.717) is 5.69 Å². The van der Waals surface area contributed by atoms with E-state index in [9.17, 15) is 18.0 Å². The third kappa shape index (κ3) is 4.20. The lowest BCUT2D eigenvalue weighted by molar-refractivity contribution is -0.141. The van der Waals surface area contributed by atoms with Gasteiger partial charge in [0.25, 0.3) is 5.91 Å². The number of pyridine rings is 1. The summed E-state index contributed by atoms with van der Waals surface area (Å²) in [5.41, 5.74) is 6.28. The molecular weight excluding hydrogens is 333 g/mol. The molecule has 1 aromatic carbocycles. The number of hydrogen-bond acceptors (Lipinski definition) is 4. The minimum absolute atomic E-state index is 0.0152. The maximum absolute atomic E-state index is 12.7. The fourth-order valence-corrected chi connectivity index (χ4v) is 2.34. The van der Waals surface area contributed by atoms with E-state index < -0.39 is 23.9 Å². The predicted octanol–water partition coefficient (Wildman–Crippen LogP) is 3.20. The van der Waals surface area contributed by atoms with Gasteiger partial charge in [0.2, 0.25) is 0 Å². The Kier molecular flexibility index (Phi) is 5.20. The molecule has 0 aliphatic carbocycles. The number of nitrogens with one attached hydrogen (secondary N) is 1. The van der Waals surface area contributed by atoms with Gasteiger partial charge in [0.15, 0.2) is 0 Å². The monoisotopic (exact) mass is 352 g/mol. The average Bonchev–Trinajstić information content (AvgIpc) is 2.53. The van der Waals surface area contributed by atoms with Crippen LogP contribution in [-0.4, -0.2) is 24.1 Å². The Morgan fingerprint density at radius 3 is 2.44 bits per heavy atom. The Morgan fingerprint density at radius 2 is 1.88 bits per heavy atom. The third-order valence-electron chi connectivity index (χ3n) is 3.86. The first kappa shape index (κ1) is 18.6. The molecule has 0 bridgehead atoms. The zero-order valence-electron chi connectivity index (χ0n) is 14.1. The van der Waals surface area contributed by atoms with Gasteiger partial charge < -0.3 is 16.0 Å². The number of rotatable bonds is 4. The molecule has 0 saturated heterocycles. The van der Waals surface area contributed by atoms with E-state index in [1.807, 2.05) is 12.1 Å². The van der Waals surface area contributed by atoms with E-state index in [2.05, 4.69) is 10.3 Å². The molecule has 2 aromatic rings. The van der Waals surface area contributed by atoms with Crippen molar-refractivity contribution < 1.29 is 18.0 Å². The van der Waals surface area contributed by atoms with Crippen molar-refractivity contribution in [1.82, 2.24) is 10.3 Å². The van der Waals surface area contributed by atoms with Crippen LogP contribution in [0.4, 0.5) is 24.5 Å². The molecule has 1 atom stereocenters. The van der Waals surface area contributed by atoms with Crippen molar-refractivity contribution in [2.45, 2.75) is 26.2 Å². The fraction of sp³-hybridized carbons (Fsp3) is 0.294. The summed E-state index contributed by atoms with van der Waals surface area (Å²) in [6.07, 6.45) is -4.98. The smallest absolute Gasteiger partial charge is 0.397 e. The van der Waals surface area contributed by atoms with E-state index in [4.69, 9.17) is 5.73 Å². The first-order valence-corrected chi connectivity index (χ1v) is 7.54. The van der Waals surface area contributed by atoms with Gasteiger partial charge in [-0.1, -0.05) is 12.1 Å². The largest absolute Gasteiger partial charge is 0.433 e. The summed E-state index contributed by atoms with van der Waals surface area (Å²) < 4.78 is 38.0. The topological polar surface area (TPSA) is 71.2 Å². The molecule has 3 N–H and O–H groups in total. The zero-order valence-corrected chi connectivity index (χ0v) is 14.1. The number of carbonyl (C=O) groups is 1. The molecule has 1 unspecified atom stereocenters. The number of amides is 1. The van der Waals surface area contributed by atoms with Gasteiger partial charge >= 0.3 is 6.18 Å². The van der Waals surface area contributed by atoms with Crippen LogP contribution in [-0.2, 0) is 6.18 Å². The molecule has 134 valence electrons. The van der Waals surface area contributed by atoms with E-state index >= 15 is 0 Å². The van der Waals surface area contributed by atoms with Gasteiger partial charge in [0, 0.05) is 7.05 Å². The fourth-order valence-electron chi connectivity index (χ4n) is 2.34. The van der Waals surface area contributed by atoms with E-state index in [0.717, 1.165) is 17.8 Å². The van der Waals surface area contributed by atoms with Crippen LogP contribution >= 0.6 is 0 Å². The molecule has 0 radical (unpaired) electrons. The number of nitrogens with zero attached hydrogens (tertiary/aromatic N) is 2. The van der Waals surface area contributed by atoms with Gasteiger partial charge in [-0.05, 0) is 38.1 Å². The van der Waals surface area contributed by atoms with E-state index in [1.165, 1.54) is 6.92 Å². The van der Waals surface area contributed by atoms with Gasteiger partial charge in [-0.25, -0.2) is 4.98 Å². The second-order valence-electron chi connectivity index (χ2n) is 5.65. The number of hydrogen-bond donors (Lipinski definition) is 2. The highest BCUT2D eigenvalue weighted by atomic mass is 19.4. The lowest BCUT2D eigenvalue weighted by Gasteiger charge is -2.29. The molecule has 25 heavy (non-hydrogen) atoms. The molecular formula is C17H19F3N4O. The highest BCUT2D eigenvalue weighted by molar-refractivity contribution is 5.95. The molecule has 1 aromatic heterocycles. The van der Waals surface area contributed by atoms with Crippen LogP contribution in [0.15, 0.2) is 36.4 Å². The molecule has 5 nitrogen and oxygen atoms in total. The minimum Gasteiger partial charge on any atom is -0.397 e. The normalized spacial score (nSPS) is 12.6. The Morgan fingerprint density at radius 1 is 1.24 bits per heavy atom. The van der Waals surface area contributed by atoms with Crippen molar-refractivity contribution >= 4 is 17.3 Å². The average molecular weight is 352 g/mol. The third-order valence-corrected chi connectivity index (χ3v) is 3.86. The standard InChI is InChI=1S/C17H19F3N4O/c1-10-12(8-9-15(22-10)17(18,19)20)16(25)23-11(2)24(3)14-7-5-4-6-13(14)21/h4-9,11H,21H2,1-3H3,(H,23,25). The van der Waals surface area contributed by atoms with Crippen LogP contribution in [0.25, 0.3) is 0 Å². The summed E-state index contributed by atoms with van der Waals surface area (Å²) >= 11 is 0. The summed E-state index contributed by atoms with van der Waals surface area (Å²) in [5.74, 6) is -0.507. The first-order valence-electron chi connectivity index (χ1n) is 7.54. The molecule has 0 aliphatic rings. The number of halogens is 3. The van der Waals surface area contributed by atoms with Gasteiger partial charge in [-0.2, -0.15) is 13.2 Å². The van der Waals surface area contributed by atoms with Gasteiger partial charge in [-0.3, -0.25) is 4.79 Å². The molecule has 0 aliphatic heterocycles. The van der Waals surface area contributed by atoms with Crippen LogP contribution in [0.1, 0.15) is 28.7 Å². The number of aryl methyl sites for hydroxylation is 1. The summed E-state index contributed by atoms with van der Waals surface area (Å²) in [5, 5.41) is 2.73. The number of carbonyl (C=O) groups excluding carboxylic acids is 1. The Bertz CT molecular complexity index is 777. The van der Waals surface area contributed by atoms with Gasteiger partial charge in [0.05, 0.1) is 28.8 Å². The second kappa shape index (κ2) is 7.00. The zero-order chi connectivity index (χ0) is 18.8. The van der Waals surface area contributed by atoms with Crippen molar-refractivity contribution in [3.05, 3.63) is 53.3 Å². The molecule has 1 heterocycles. The Hall–Kier alpha value is -2.77. The summed E-state index contributed by atoms with van der Waals surface area (Å²) in [7, 11) is 1.76. The highest BCUT2D eigenvalue weighted by Crippen LogP contribution is 2.28. The first-order chi connectivity index (χ1) is 11.6. The predicted molar refractivity (Wildman–Crippen MR) is 90.2 cm³/mol. The summed E-state index contributed by atoms with van der Waals surface area (Å²) in [6, 6.07) is 9.09. The molecule has 0 fully saturated rings. The highest BCUT2D eigenvalue weighted by Gasteiger charge is 2.33. The van der Waals surface area contributed by atoms with Crippen LogP contribution in [0.3, 0.4) is 0 Å². The number of nitrogen functional groups attached to an aromatic ring is 1. The maximum Gasteiger partial charge on any atom is 0.433 e. The van der Waals surface area contributed by atoms with Crippen LogP contribution in [0, 0.1) is 6.92 Å². The number of para-hydroxylation sites is 2. The number of alkyl halides is 3. The molecule has 0 saturated carbocycles. The van der Waals surface area contributed by atoms with E-state index in [-0.39, 0.29) is 11.3 Å².